The average Bonchev–Trinajstić information content (AvgIpc) is 2.75. The number of carbonyl (C=O) groups excluding carboxylic acids is 1. The van der Waals surface area contributed by atoms with E-state index in [0.717, 1.165) is 21.7 Å². The number of carbonyl (C=O) groups is 1. The van der Waals surface area contributed by atoms with Crippen molar-refractivity contribution in [2.24, 2.45) is 5.92 Å². The first-order valence-electron chi connectivity index (χ1n) is 11.6. The predicted molar refractivity (Wildman–Crippen MR) is 132 cm³/mol. The minimum absolute atomic E-state index is 0.0119. The number of hydrogen-bond acceptors (Lipinski definition) is 6. The molecular formula is C27H34FNO4S. The highest BCUT2D eigenvalue weighted by Crippen LogP contribution is 2.44. The van der Waals surface area contributed by atoms with Crippen LogP contribution in [0.15, 0.2) is 45.9 Å². The Balaban J connectivity index is 1.91. The number of pyridine rings is 1. The lowest BCUT2D eigenvalue weighted by Gasteiger charge is -2.40. The summed E-state index contributed by atoms with van der Waals surface area (Å²) in [5.74, 6) is -0.855. The molecule has 7 heteroatoms. The largest absolute Gasteiger partial charge is 0.511 e. The number of halogens is 1. The zero-order valence-corrected chi connectivity index (χ0v) is 21.6. The van der Waals surface area contributed by atoms with E-state index in [9.17, 15) is 19.4 Å². The molecule has 2 N–H and O–H groups in total. The number of hydrogen-bond donors (Lipinski definition) is 2. The van der Waals surface area contributed by atoms with E-state index >= 15 is 0 Å². The van der Waals surface area contributed by atoms with E-state index < -0.39 is 11.6 Å². The van der Waals surface area contributed by atoms with E-state index in [2.05, 4.69) is 4.98 Å². The van der Waals surface area contributed by atoms with E-state index in [1.54, 1.807) is 12.1 Å². The standard InChI is InChI=1S/C27H34FNO4S/c1-16(2)27(12-11-18-7-9-19(28)10-8-18)14-21(31)23(25(32)33-27)34-22-13-17(3)20(15-30)29-24(22)26(4,5)6/h7-10,13,16,30-31H,11-12,14-15H2,1-6H3. The van der Waals surface area contributed by atoms with Gasteiger partial charge in [-0.05, 0) is 55.0 Å². The smallest absolute Gasteiger partial charge is 0.349 e. The van der Waals surface area contributed by atoms with Crippen LogP contribution in [0.1, 0.15) is 70.0 Å². The van der Waals surface area contributed by atoms with Crippen molar-refractivity contribution in [3.05, 3.63) is 69.3 Å². The molecule has 0 saturated heterocycles. The number of benzene rings is 1. The van der Waals surface area contributed by atoms with Gasteiger partial charge in [0.15, 0.2) is 0 Å². The second kappa shape index (κ2) is 10.1. The summed E-state index contributed by atoms with van der Waals surface area (Å²) < 4.78 is 19.3. The number of aryl methyl sites for hydroxylation is 2. The molecule has 1 unspecified atom stereocenters. The van der Waals surface area contributed by atoms with Crippen LogP contribution in [-0.4, -0.2) is 26.8 Å². The van der Waals surface area contributed by atoms with E-state index in [0.29, 0.717) is 18.5 Å². The van der Waals surface area contributed by atoms with Gasteiger partial charge in [0.05, 0.1) is 18.0 Å². The summed E-state index contributed by atoms with van der Waals surface area (Å²) in [4.78, 5) is 18.8. The van der Waals surface area contributed by atoms with Gasteiger partial charge in [-0.15, -0.1) is 0 Å². The average molecular weight is 488 g/mol. The monoisotopic (exact) mass is 487 g/mol. The van der Waals surface area contributed by atoms with Gasteiger partial charge < -0.3 is 14.9 Å². The molecule has 184 valence electrons. The van der Waals surface area contributed by atoms with Crippen LogP contribution in [0.2, 0.25) is 0 Å². The first kappa shape index (κ1) is 26.2. The number of nitrogens with zero attached hydrogens (tertiary/aromatic N) is 1. The van der Waals surface area contributed by atoms with Crippen LogP contribution in [0.5, 0.6) is 0 Å². The zero-order chi connectivity index (χ0) is 25.3. The Morgan fingerprint density at radius 2 is 1.88 bits per heavy atom. The molecule has 34 heavy (non-hydrogen) atoms. The number of thioether (sulfide) groups is 1. The third-order valence-electron chi connectivity index (χ3n) is 6.37. The first-order valence-corrected chi connectivity index (χ1v) is 12.4. The van der Waals surface area contributed by atoms with Crippen LogP contribution < -0.4 is 0 Å². The molecular weight excluding hydrogens is 453 g/mol. The minimum Gasteiger partial charge on any atom is -0.511 e. The van der Waals surface area contributed by atoms with Crippen LogP contribution in [0.25, 0.3) is 0 Å². The van der Waals surface area contributed by atoms with Crippen molar-refractivity contribution in [1.29, 1.82) is 0 Å². The van der Waals surface area contributed by atoms with Crippen LogP contribution in [0.3, 0.4) is 0 Å². The molecule has 0 amide bonds. The van der Waals surface area contributed by atoms with E-state index in [1.807, 2.05) is 47.6 Å². The van der Waals surface area contributed by atoms with E-state index in [4.69, 9.17) is 4.74 Å². The number of esters is 1. The summed E-state index contributed by atoms with van der Waals surface area (Å²) in [6, 6.07) is 8.19. The molecule has 5 nitrogen and oxygen atoms in total. The van der Waals surface area contributed by atoms with Gasteiger partial charge in [-0.2, -0.15) is 0 Å². The molecule has 1 aromatic carbocycles. The summed E-state index contributed by atoms with van der Waals surface area (Å²) in [5.41, 5.74) is 1.93. The number of aliphatic hydroxyl groups excluding tert-OH is 2. The fourth-order valence-corrected chi connectivity index (χ4v) is 5.34. The van der Waals surface area contributed by atoms with Gasteiger partial charge in [-0.1, -0.05) is 58.5 Å². The third kappa shape index (κ3) is 5.63. The highest BCUT2D eigenvalue weighted by Gasteiger charge is 2.44. The summed E-state index contributed by atoms with van der Waals surface area (Å²) in [7, 11) is 0. The van der Waals surface area contributed by atoms with Crippen molar-refractivity contribution in [1.82, 2.24) is 4.98 Å². The first-order chi connectivity index (χ1) is 15.9. The Hall–Kier alpha value is -2.38. The summed E-state index contributed by atoms with van der Waals surface area (Å²) in [6.07, 6.45) is 1.33. The molecule has 0 saturated carbocycles. The van der Waals surface area contributed by atoms with Crippen molar-refractivity contribution in [3.8, 4) is 0 Å². The number of aromatic nitrogens is 1. The Labute approximate surface area is 205 Å². The second-order valence-corrected chi connectivity index (χ2v) is 11.3. The third-order valence-corrected chi connectivity index (χ3v) is 7.51. The van der Waals surface area contributed by atoms with Crippen LogP contribution in [-0.2, 0) is 28.0 Å². The van der Waals surface area contributed by atoms with Crippen molar-refractivity contribution in [2.45, 2.75) is 83.3 Å². The molecule has 1 aliphatic heterocycles. The van der Waals surface area contributed by atoms with Crippen molar-refractivity contribution >= 4 is 17.7 Å². The quantitative estimate of drug-likeness (QED) is 0.456. The molecule has 0 radical (unpaired) electrons. The fourth-order valence-electron chi connectivity index (χ4n) is 4.12. The molecule has 1 atom stereocenters. The van der Waals surface area contributed by atoms with Gasteiger partial charge in [0.25, 0.3) is 0 Å². The summed E-state index contributed by atoms with van der Waals surface area (Å²) in [5, 5.41) is 20.7. The van der Waals surface area contributed by atoms with Crippen LogP contribution >= 0.6 is 11.8 Å². The SMILES string of the molecule is Cc1cc(SC2=C(O)CC(CCc3ccc(F)cc3)(C(C)C)OC2=O)c(C(C)(C)C)nc1CO. The number of cyclic esters (lactones) is 1. The van der Waals surface area contributed by atoms with Gasteiger partial charge >= 0.3 is 5.97 Å². The molecule has 0 fully saturated rings. The fraction of sp³-hybridized carbons (Fsp3) is 0.481. The zero-order valence-electron chi connectivity index (χ0n) is 20.7. The Morgan fingerprint density at radius 3 is 2.41 bits per heavy atom. The van der Waals surface area contributed by atoms with Crippen molar-refractivity contribution in [3.63, 3.8) is 0 Å². The summed E-state index contributed by atoms with van der Waals surface area (Å²) >= 11 is 1.17. The van der Waals surface area contributed by atoms with E-state index in [1.165, 1.54) is 23.9 Å². The minimum atomic E-state index is -0.846. The topological polar surface area (TPSA) is 79.7 Å². The maximum absolute atomic E-state index is 13.3. The summed E-state index contributed by atoms with van der Waals surface area (Å²) in [6.45, 7) is 11.7. The molecule has 0 bridgehead atoms. The van der Waals surface area contributed by atoms with Gasteiger partial charge in [0.2, 0.25) is 0 Å². The molecule has 2 heterocycles. The van der Waals surface area contributed by atoms with Gasteiger partial charge in [-0.3, -0.25) is 4.98 Å². The van der Waals surface area contributed by atoms with Crippen LogP contribution in [0.4, 0.5) is 4.39 Å². The number of rotatable bonds is 7. The maximum Gasteiger partial charge on any atom is 0.349 e. The number of aliphatic hydroxyl groups is 2. The van der Waals surface area contributed by atoms with Gasteiger partial charge in [-0.25, -0.2) is 9.18 Å². The Bertz CT molecular complexity index is 1090. The second-order valence-electron chi connectivity index (χ2n) is 10.3. The lowest BCUT2D eigenvalue weighted by Crippen LogP contribution is -2.44. The van der Waals surface area contributed by atoms with Gasteiger partial charge in [0, 0.05) is 16.7 Å². The Kier molecular flexibility index (Phi) is 7.78. The van der Waals surface area contributed by atoms with Crippen molar-refractivity contribution < 1.29 is 24.1 Å². The molecule has 1 aliphatic rings. The highest BCUT2D eigenvalue weighted by atomic mass is 32.2. The molecule has 0 spiro atoms. The van der Waals surface area contributed by atoms with E-state index in [-0.39, 0.29) is 40.8 Å². The number of ether oxygens (including phenoxy) is 1. The normalized spacial score (nSPS) is 19.0. The molecule has 3 rings (SSSR count). The lowest BCUT2D eigenvalue weighted by molar-refractivity contribution is -0.164. The van der Waals surface area contributed by atoms with Gasteiger partial charge in [0.1, 0.15) is 22.1 Å². The highest BCUT2D eigenvalue weighted by molar-refractivity contribution is 8.04. The molecule has 0 aliphatic carbocycles. The maximum atomic E-state index is 13.3. The molecule has 2 aromatic rings. The van der Waals surface area contributed by atoms with Crippen LogP contribution in [0, 0.1) is 18.7 Å². The lowest BCUT2D eigenvalue weighted by atomic mass is 9.80. The predicted octanol–water partition coefficient (Wildman–Crippen LogP) is 6.16. The molecule has 1 aromatic heterocycles. The Morgan fingerprint density at radius 1 is 1.24 bits per heavy atom. The van der Waals surface area contributed by atoms with Crippen molar-refractivity contribution in [2.75, 3.05) is 0 Å².